The van der Waals surface area contributed by atoms with Crippen LogP contribution in [0, 0.1) is 11.3 Å². The molecular formula is C15H16ClN3. The fourth-order valence-electron chi connectivity index (χ4n) is 3.05. The van der Waals surface area contributed by atoms with Gasteiger partial charge in [0.05, 0.1) is 0 Å². The van der Waals surface area contributed by atoms with Gasteiger partial charge in [-0.25, -0.2) is 0 Å². The summed E-state index contributed by atoms with van der Waals surface area (Å²) >= 11 is 6.09. The van der Waals surface area contributed by atoms with Gasteiger partial charge < -0.3 is 5.32 Å². The van der Waals surface area contributed by atoms with Crippen LogP contribution in [-0.2, 0) is 0 Å². The highest BCUT2D eigenvalue weighted by Crippen LogP contribution is 2.61. The van der Waals surface area contributed by atoms with Crippen LogP contribution in [0.5, 0.6) is 0 Å². The minimum atomic E-state index is 0.476. The van der Waals surface area contributed by atoms with Gasteiger partial charge in [-0.15, -0.1) is 10.2 Å². The van der Waals surface area contributed by atoms with Crippen molar-refractivity contribution in [1.29, 1.82) is 0 Å². The van der Waals surface area contributed by atoms with Crippen LogP contribution in [0.1, 0.15) is 25.7 Å². The predicted octanol–water partition coefficient (Wildman–Crippen LogP) is 3.89. The zero-order valence-electron chi connectivity index (χ0n) is 10.7. The maximum Gasteiger partial charge on any atom is 0.159 e. The van der Waals surface area contributed by atoms with Gasteiger partial charge in [0.2, 0.25) is 0 Å². The third-order valence-corrected chi connectivity index (χ3v) is 4.86. The lowest BCUT2D eigenvalue weighted by molar-refractivity contribution is 0.466. The van der Waals surface area contributed by atoms with Gasteiger partial charge in [-0.3, -0.25) is 0 Å². The van der Waals surface area contributed by atoms with E-state index < -0.39 is 0 Å². The van der Waals surface area contributed by atoms with Crippen LogP contribution in [-0.4, -0.2) is 16.7 Å². The second-order valence-electron chi connectivity index (χ2n) is 5.88. The number of halogens is 1. The highest BCUT2D eigenvalue weighted by molar-refractivity contribution is 6.34. The van der Waals surface area contributed by atoms with E-state index >= 15 is 0 Å². The second-order valence-corrected chi connectivity index (χ2v) is 6.23. The topological polar surface area (TPSA) is 37.8 Å². The number of aromatic nitrogens is 2. The Kier molecular flexibility index (Phi) is 2.46. The summed E-state index contributed by atoms with van der Waals surface area (Å²) in [6, 6.07) is 8.03. The molecule has 2 saturated carbocycles. The fraction of sp³-hybridized carbons (Fsp3) is 0.467. The molecule has 1 aromatic carbocycles. The standard InChI is InChI=1S/C15H16ClN3/c16-13-11-3-1-2-4-12(11)14(19-18-13)17-9-15(7-8-15)10-5-6-10/h1-4,10H,5-9H2,(H,17,19). The average molecular weight is 274 g/mol. The molecule has 1 heterocycles. The first kappa shape index (κ1) is 11.5. The molecule has 2 aliphatic carbocycles. The highest BCUT2D eigenvalue weighted by atomic mass is 35.5. The molecule has 0 amide bonds. The van der Waals surface area contributed by atoms with Crippen LogP contribution < -0.4 is 5.32 Å². The number of anilines is 1. The molecule has 0 spiro atoms. The summed E-state index contributed by atoms with van der Waals surface area (Å²) in [7, 11) is 0. The van der Waals surface area contributed by atoms with Crippen LogP contribution in [0.25, 0.3) is 10.8 Å². The lowest BCUT2D eigenvalue weighted by Crippen LogP contribution is -2.18. The van der Waals surface area contributed by atoms with E-state index in [1.54, 1.807) is 0 Å². The van der Waals surface area contributed by atoms with Crippen LogP contribution in [0.2, 0.25) is 5.15 Å². The Morgan fingerprint density at radius 3 is 2.58 bits per heavy atom. The van der Waals surface area contributed by atoms with Crippen molar-refractivity contribution in [3.05, 3.63) is 29.4 Å². The molecule has 0 aliphatic heterocycles. The maximum absolute atomic E-state index is 6.09. The number of benzene rings is 1. The molecule has 0 bridgehead atoms. The largest absolute Gasteiger partial charge is 0.367 e. The Labute approximate surface area is 117 Å². The fourth-order valence-corrected chi connectivity index (χ4v) is 3.25. The van der Waals surface area contributed by atoms with Gasteiger partial charge in [0.1, 0.15) is 0 Å². The van der Waals surface area contributed by atoms with Crippen molar-refractivity contribution in [3.63, 3.8) is 0 Å². The van der Waals surface area contributed by atoms with Crippen molar-refractivity contribution < 1.29 is 0 Å². The summed E-state index contributed by atoms with van der Waals surface area (Å²) in [5.41, 5.74) is 0.558. The molecule has 0 atom stereocenters. The Morgan fingerprint density at radius 2 is 1.89 bits per heavy atom. The summed E-state index contributed by atoms with van der Waals surface area (Å²) in [6.07, 6.45) is 5.55. The molecule has 2 fully saturated rings. The molecule has 4 rings (SSSR count). The summed E-state index contributed by atoms with van der Waals surface area (Å²) < 4.78 is 0. The smallest absolute Gasteiger partial charge is 0.159 e. The number of rotatable bonds is 4. The van der Waals surface area contributed by atoms with Crippen LogP contribution in [0.4, 0.5) is 5.82 Å². The Balaban J connectivity index is 1.62. The zero-order chi connectivity index (χ0) is 12.9. The first-order valence-electron chi connectivity index (χ1n) is 6.93. The molecule has 19 heavy (non-hydrogen) atoms. The van der Waals surface area contributed by atoms with Crippen molar-refractivity contribution in [2.24, 2.45) is 11.3 Å². The van der Waals surface area contributed by atoms with Gasteiger partial charge >= 0.3 is 0 Å². The Hall–Kier alpha value is -1.35. The third-order valence-electron chi connectivity index (χ3n) is 4.59. The van der Waals surface area contributed by atoms with E-state index in [4.69, 9.17) is 11.6 Å². The molecule has 4 heteroatoms. The van der Waals surface area contributed by atoms with Crippen molar-refractivity contribution in [2.75, 3.05) is 11.9 Å². The number of hydrogen-bond acceptors (Lipinski definition) is 3. The van der Waals surface area contributed by atoms with Crippen molar-refractivity contribution in [2.45, 2.75) is 25.7 Å². The van der Waals surface area contributed by atoms with Crippen molar-refractivity contribution in [1.82, 2.24) is 10.2 Å². The van der Waals surface area contributed by atoms with Gasteiger partial charge in [0.15, 0.2) is 11.0 Å². The van der Waals surface area contributed by atoms with Crippen molar-refractivity contribution >= 4 is 28.2 Å². The first-order chi connectivity index (χ1) is 9.28. The number of nitrogens with zero attached hydrogens (tertiary/aromatic N) is 2. The molecule has 0 saturated heterocycles. The summed E-state index contributed by atoms with van der Waals surface area (Å²) in [5, 5.41) is 14.3. The van der Waals surface area contributed by atoms with Gasteiger partial charge in [0, 0.05) is 17.3 Å². The van der Waals surface area contributed by atoms with E-state index in [1.165, 1.54) is 25.7 Å². The first-order valence-corrected chi connectivity index (χ1v) is 7.31. The molecule has 98 valence electrons. The number of nitrogens with one attached hydrogen (secondary N) is 1. The molecule has 2 aromatic rings. The number of hydrogen-bond donors (Lipinski definition) is 1. The molecule has 0 radical (unpaired) electrons. The maximum atomic E-state index is 6.09. The lowest BCUT2D eigenvalue weighted by atomic mass is 10.0. The van der Waals surface area contributed by atoms with Crippen molar-refractivity contribution in [3.8, 4) is 0 Å². The number of fused-ring (bicyclic) bond motifs is 1. The molecule has 2 aliphatic rings. The second kappa shape index (κ2) is 4.07. The van der Waals surface area contributed by atoms with E-state index in [9.17, 15) is 0 Å². The van der Waals surface area contributed by atoms with Crippen LogP contribution in [0.15, 0.2) is 24.3 Å². The van der Waals surface area contributed by atoms with Gasteiger partial charge in [-0.1, -0.05) is 35.9 Å². The Bertz CT molecular complexity index is 632. The SMILES string of the molecule is Clc1nnc(NCC2(C3CC3)CC2)c2ccccc12. The normalized spacial score (nSPS) is 20.5. The van der Waals surface area contributed by atoms with Gasteiger partial charge in [-0.2, -0.15) is 0 Å². The van der Waals surface area contributed by atoms with E-state index in [1.807, 2.05) is 18.2 Å². The monoisotopic (exact) mass is 273 g/mol. The Morgan fingerprint density at radius 1 is 1.16 bits per heavy atom. The quantitative estimate of drug-likeness (QED) is 0.918. The van der Waals surface area contributed by atoms with Gasteiger partial charge in [-0.05, 0) is 37.0 Å². The van der Waals surface area contributed by atoms with E-state index in [2.05, 4.69) is 21.6 Å². The minimum Gasteiger partial charge on any atom is -0.367 e. The molecule has 1 N–H and O–H groups in total. The lowest BCUT2D eigenvalue weighted by Gasteiger charge is -2.16. The van der Waals surface area contributed by atoms with Gasteiger partial charge in [0.25, 0.3) is 0 Å². The molecule has 0 unspecified atom stereocenters. The molecule has 3 nitrogen and oxygen atoms in total. The van der Waals surface area contributed by atoms with E-state index in [-0.39, 0.29) is 0 Å². The zero-order valence-corrected chi connectivity index (χ0v) is 11.5. The molecular weight excluding hydrogens is 258 g/mol. The van der Waals surface area contributed by atoms with Crippen LogP contribution in [0.3, 0.4) is 0 Å². The summed E-state index contributed by atoms with van der Waals surface area (Å²) in [5.74, 6) is 1.82. The summed E-state index contributed by atoms with van der Waals surface area (Å²) in [6.45, 7) is 1.03. The highest BCUT2D eigenvalue weighted by Gasteiger charge is 2.53. The predicted molar refractivity (Wildman–Crippen MR) is 77.4 cm³/mol. The van der Waals surface area contributed by atoms with E-state index in [0.717, 1.165) is 29.1 Å². The minimum absolute atomic E-state index is 0.476. The van der Waals surface area contributed by atoms with Crippen LogP contribution >= 0.6 is 11.6 Å². The summed E-state index contributed by atoms with van der Waals surface area (Å²) in [4.78, 5) is 0. The molecule has 1 aromatic heterocycles. The van der Waals surface area contributed by atoms with E-state index in [0.29, 0.717) is 10.6 Å². The third kappa shape index (κ3) is 1.96. The average Bonchev–Trinajstić information content (AvgIpc) is 3.30.